The lowest BCUT2D eigenvalue weighted by atomic mass is 10.0. The highest BCUT2D eigenvalue weighted by Gasteiger charge is 2.50. The zero-order chi connectivity index (χ0) is 24.0. The number of hydrogen-bond donors (Lipinski definition) is 1. The van der Waals surface area contributed by atoms with Gasteiger partial charge in [0.15, 0.2) is 11.9 Å². The summed E-state index contributed by atoms with van der Waals surface area (Å²) in [6, 6.07) is 0. The van der Waals surface area contributed by atoms with Crippen molar-refractivity contribution in [2.45, 2.75) is 77.3 Å². The fourth-order valence-electron chi connectivity index (χ4n) is 2.87. The van der Waals surface area contributed by atoms with E-state index in [4.69, 9.17) is 28.7 Å². The standard InChI is InChI=1S/C17H30N4O9S/c1-10(22)26-13(12(9-20-21-18)30-31(7,24)25)14-11(27-17(5,6)28-14)8-19-15(23)29-16(2,3)4/h11-14H,8-9H2,1-7H3,(H,19,23)/t11-,12+,13+,14+/m0/s1. The minimum absolute atomic E-state index is 0.103. The molecule has 0 aromatic carbocycles. The maximum atomic E-state index is 12.0. The van der Waals surface area contributed by atoms with Crippen molar-refractivity contribution in [1.82, 2.24) is 5.32 Å². The van der Waals surface area contributed by atoms with E-state index in [0.29, 0.717) is 0 Å². The molecule has 1 heterocycles. The Labute approximate surface area is 181 Å². The highest BCUT2D eigenvalue weighted by molar-refractivity contribution is 7.86. The summed E-state index contributed by atoms with van der Waals surface area (Å²) in [5.41, 5.74) is 7.92. The average Bonchev–Trinajstić information content (AvgIpc) is 2.86. The molecule has 178 valence electrons. The van der Waals surface area contributed by atoms with E-state index < -0.39 is 64.5 Å². The predicted octanol–water partition coefficient (Wildman–Crippen LogP) is 1.62. The van der Waals surface area contributed by atoms with Crippen molar-refractivity contribution in [2.75, 3.05) is 19.3 Å². The minimum atomic E-state index is -4.02. The third-order valence-electron chi connectivity index (χ3n) is 3.68. The van der Waals surface area contributed by atoms with Crippen LogP contribution in [0.4, 0.5) is 4.79 Å². The SMILES string of the molecule is CC(=O)O[C@@H]([C@@H]1OC(C)(C)O[C@H]1CNC(=O)OC(C)(C)C)[C@@H](CN=[N+]=[N-])OS(C)(=O)=O. The Kier molecular flexibility index (Phi) is 9.08. The van der Waals surface area contributed by atoms with E-state index in [0.717, 1.165) is 13.2 Å². The van der Waals surface area contributed by atoms with Crippen molar-refractivity contribution >= 4 is 22.2 Å². The average molecular weight is 467 g/mol. The first-order chi connectivity index (χ1) is 14.0. The number of alkyl carbamates (subject to hydrolysis) is 1. The monoisotopic (exact) mass is 466 g/mol. The normalized spacial score (nSPS) is 22.7. The van der Waals surface area contributed by atoms with Gasteiger partial charge in [0.05, 0.1) is 12.8 Å². The summed E-state index contributed by atoms with van der Waals surface area (Å²) < 4.78 is 50.6. The molecule has 31 heavy (non-hydrogen) atoms. The minimum Gasteiger partial charge on any atom is -0.457 e. The molecule has 0 spiro atoms. The van der Waals surface area contributed by atoms with Gasteiger partial charge < -0.3 is 24.3 Å². The van der Waals surface area contributed by atoms with Crippen molar-refractivity contribution < 1.29 is 41.1 Å². The van der Waals surface area contributed by atoms with Crippen LogP contribution in [0.2, 0.25) is 0 Å². The molecule has 1 fully saturated rings. The summed E-state index contributed by atoms with van der Waals surface area (Å²) in [7, 11) is -4.02. The Morgan fingerprint density at radius 2 is 1.90 bits per heavy atom. The predicted molar refractivity (Wildman–Crippen MR) is 107 cm³/mol. The van der Waals surface area contributed by atoms with E-state index in [9.17, 15) is 18.0 Å². The van der Waals surface area contributed by atoms with Crippen LogP contribution in [0.25, 0.3) is 10.4 Å². The Hall–Kier alpha value is -2.12. The van der Waals surface area contributed by atoms with Gasteiger partial charge in [-0.2, -0.15) is 8.42 Å². The van der Waals surface area contributed by atoms with Crippen LogP contribution in [0.5, 0.6) is 0 Å². The fraction of sp³-hybridized carbons (Fsp3) is 0.882. The molecule has 0 radical (unpaired) electrons. The maximum absolute atomic E-state index is 12.0. The van der Waals surface area contributed by atoms with Crippen molar-refractivity contribution in [3.8, 4) is 0 Å². The smallest absolute Gasteiger partial charge is 0.407 e. The molecule has 1 N–H and O–H groups in total. The zero-order valence-electron chi connectivity index (χ0n) is 18.6. The first kappa shape index (κ1) is 26.9. The molecule has 1 aliphatic rings. The number of carbonyl (C=O) groups is 2. The number of ether oxygens (including phenoxy) is 4. The molecule has 0 bridgehead atoms. The Balaban J connectivity index is 3.17. The first-order valence-electron chi connectivity index (χ1n) is 9.42. The molecule has 0 aromatic heterocycles. The van der Waals surface area contributed by atoms with Gasteiger partial charge in [0.2, 0.25) is 0 Å². The van der Waals surface area contributed by atoms with Gasteiger partial charge in [-0.25, -0.2) is 4.79 Å². The number of rotatable bonds is 9. The largest absolute Gasteiger partial charge is 0.457 e. The van der Waals surface area contributed by atoms with Crippen LogP contribution < -0.4 is 5.32 Å². The lowest BCUT2D eigenvalue weighted by Gasteiger charge is -2.31. The summed E-state index contributed by atoms with van der Waals surface area (Å²) >= 11 is 0. The van der Waals surface area contributed by atoms with Gasteiger partial charge in [0.25, 0.3) is 10.1 Å². The van der Waals surface area contributed by atoms with Gasteiger partial charge in [-0.05, 0) is 40.1 Å². The van der Waals surface area contributed by atoms with Gasteiger partial charge in [-0.15, -0.1) is 0 Å². The lowest BCUT2D eigenvalue weighted by molar-refractivity contribution is -0.178. The lowest BCUT2D eigenvalue weighted by Crippen LogP contribution is -2.51. The number of nitrogens with zero attached hydrogens (tertiary/aromatic N) is 3. The molecule has 0 aromatic rings. The summed E-state index contributed by atoms with van der Waals surface area (Å²) in [4.78, 5) is 26.3. The Morgan fingerprint density at radius 1 is 1.29 bits per heavy atom. The van der Waals surface area contributed by atoms with Crippen LogP contribution in [-0.4, -0.2) is 75.6 Å². The van der Waals surface area contributed by atoms with E-state index >= 15 is 0 Å². The Bertz CT molecular complexity index is 803. The molecule has 0 aliphatic carbocycles. The molecule has 1 amide bonds. The van der Waals surface area contributed by atoms with Gasteiger partial charge in [0, 0.05) is 18.4 Å². The number of amides is 1. The molecule has 14 heteroatoms. The zero-order valence-corrected chi connectivity index (χ0v) is 19.5. The quantitative estimate of drug-likeness (QED) is 0.174. The molecule has 0 unspecified atom stereocenters. The van der Waals surface area contributed by atoms with Gasteiger partial charge >= 0.3 is 12.1 Å². The van der Waals surface area contributed by atoms with Gasteiger partial charge in [-0.1, -0.05) is 5.11 Å². The van der Waals surface area contributed by atoms with Crippen molar-refractivity contribution in [3.05, 3.63) is 10.4 Å². The number of hydrogen-bond acceptors (Lipinski definition) is 10. The van der Waals surface area contributed by atoms with Crippen LogP contribution in [0, 0.1) is 0 Å². The maximum Gasteiger partial charge on any atom is 0.407 e. The molecular weight excluding hydrogens is 436 g/mol. The topological polar surface area (TPSA) is 175 Å². The van der Waals surface area contributed by atoms with Crippen LogP contribution >= 0.6 is 0 Å². The molecular formula is C17H30N4O9S. The second-order valence-corrected chi connectivity index (χ2v) is 9.95. The van der Waals surface area contributed by atoms with Crippen molar-refractivity contribution in [1.29, 1.82) is 0 Å². The fourth-order valence-corrected chi connectivity index (χ4v) is 3.49. The summed E-state index contributed by atoms with van der Waals surface area (Å²) in [5, 5.41) is 5.89. The number of esters is 1. The van der Waals surface area contributed by atoms with Crippen LogP contribution in [0.3, 0.4) is 0 Å². The van der Waals surface area contributed by atoms with Crippen LogP contribution in [0.1, 0.15) is 41.5 Å². The van der Waals surface area contributed by atoms with E-state index in [1.54, 1.807) is 34.6 Å². The summed E-state index contributed by atoms with van der Waals surface area (Å²) in [6.07, 6.45) is -4.55. The Morgan fingerprint density at radius 3 is 2.39 bits per heavy atom. The molecule has 1 rings (SSSR count). The summed E-state index contributed by atoms with van der Waals surface area (Å²) in [6.45, 7) is 8.85. The molecule has 1 saturated heterocycles. The third-order valence-corrected chi connectivity index (χ3v) is 4.28. The number of nitrogens with one attached hydrogen (secondary N) is 1. The second-order valence-electron chi connectivity index (χ2n) is 8.35. The van der Waals surface area contributed by atoms with E-state index in [1.165, 1.54) is 0 Å². The summed E-state index contributed by atoms with van der Waals surface area (Å²) in [5.74, 6) is -1.91. The van der Waals surface area contributed by atoms with Crippen LogP contribution in [0.15, 0.2) is 5.11 Å². The number of azide groups is 1. The van der Waals surface area contributed by atoms with Crippen molar-refractivity contribution in [2.24, 2.45) is 5.11 Å². The highest BCUT2D eigenvalue weighted by atomic mass is 32.2. The van der Waals surface area contributed by atoms with E-state index in [-0.39, 0.29) is 6.54 Å². The van der Waals surface area contributed by atoms with Crippen molar-refractivity contribution in [3.63, 3.8) is 0 Å². The van der Waals surface area contributed by atoms with Gasteiger partial charge in [0.1, 0.15) is 23.9 Å². The van der Waals surface area contributed by atoms with Gasteiger partial charge in [-0.3, -0.25) is 8.98 Å². The third kappa shape index (κ3) is 10.2. The molecule has 0 saturated carbocycles. The first-order valence-corrected chi connectivity index (χ1v) is 11.2. The molecule has 13 nitrogen and oxygen atoms in total. The second kappa shape index (κ2) is 10.5. The molecule has 1 aliphatic heterocycles. The number of carbonyl (C=O) groups excluding carboxylic acids is 2. The van der Waals surface area contributed by atoms with E-state index in [2.05, 4.69) is 15.3 Å². The van der Waals surface area contributed by atoms with Crippen LogP contribution in [-0.2, 0) is 38.0 Å². The molecule has 4 atom stereocenters. The highest BCUT2D eigenvalue weighted by Crippen LogP contribution is 2.33. The van der Waals surface area contributed by atoms with E-state index in [1.807, 2.05) is 0 Å².